The number of hydrogen-bond donors (Lipinski definition) is 1. The third-order valence-electron chi connectivity index (χ3n) is 1.96. The SMILES string of the molecule is Cn1ccc(-c2nc(CC(=O)O)cs2)c1. The number of nitrogens with zero attached hydrogens (tertiary/aromatic N) is 2. The molecule has 0 amide bonds. The molecule has 0 radical (unpaired) electrons. The Hall–Kier alpha value is -1.62. The van der Waals surface area contributed by atoms with Crippen LogP contribution in [0.15, 0.2) is 23.8 Å². The van der Waals surface area contributed by atoms with Gasteiger partial charge < -0.3 is 9.67 Å². The molecule has 78 valence electrons. The first-order valence-electron chi connectivity index (χ1n) is 4.43. The number of carboxylic acid groups (broad SMARTS) is 1. The third-order valence-corrected chi connectivity index (χ3v) is 2.90. The molecule has 5 heteroatoms. The van der Waals surface area contributed by atoms with E-state index in [2.05, 4.69) is 4.98 Å². The number of thiazole rings is 1. The predicted octanol–water partition coefficient (Wildman–Crippen LogP) is 1.78. The maximum Gasteiger partial charge on any atom is 0.309 e. The lowest BCUT2D eigenvalue weighted by atomic mass is 10.3. The standard InChI is InChI=1S/C10H10N2O2S/c1-12-3-2-7(5-12)10-11-8(6-15-10)4-9(13)14/h2-3,5-6H,4H2,1H3,(H,13,14). The van der Waals surface area contributed by atoms with Gasteiger partial charge in [0.15, 0.2) is 0 Å². The summed E-state index contributed by atoms with van der Waals surface area (Å²) in [4.78, 5) is 14.7. The molecule has 0 aliphatic carbocycles. The Bertz CT molecular complexity index is 487. The van der Waals surface area contributed by atoms with Crippen LogP contribution in [0, 0.1) is 0 Å². The molecule has 0 saturated heterocycles. The molecule has 15 heavy (non-hydrogen) atoms. The summed E-state index contributed by atoms with van der Waals surface area (Å²) >= 11 is 1.47. The number of rotatable bonds is 3. The van der Waals surface area contributed by atoms with Crippen LogP contribution in [0.5, 0.6) is 0 Å². The summed E-state index contributed by atoms with van der Waals surface area (Å²) in [6.07, 6.45) is 3.89. The summed E-state index contributed by atoms with van der Waals surface area (Å²) in [7, 11) is 1.94. The number of aryl methyl sites for hydroxylation is 1. The minimum Gasteiger partial charge on any atom is -0.481 e. The highest BCUT2D eigenvalue weighted by Gasteiger charge is 2.08. The lowest BCUT2D eigenvalue weighted by molar-refractivity contribution is -0.136. The van der Waals surface area contributed by atoms with E-state index >= 15 is 0 Å². The van der Waals surface area contributed by atoms with Crippen LogP contribution in [0.4, 0.5) is 0 Å². The van der Waals surface area contributed by atoms with Gasteiger partial charge in [-0.1, -0.05) is 0 Å². The monoisotopic (exact) mass is 222 g/mol. The van der Waals surface area contributed by atoms with Crippen LogP contribution in [0.25, 0.3) is 10.6 Å². The molecule has 2 aromatic heterocycles. The highest BCUT2D eigenvalue weighted by molar-refractivity contribution is 7.13. The average Bonchev–Trinajstić information content (AvgIpc) is 2.72. The smallest absolute Gasteiger partial charge is 0.309 e. The molecule has 0 bridgehead atoms. The number of hydrogen-bond acceptors (Lipinski definition) is 3. The van der Waals surface area contributed by atoms with E-state index in [9.17, 15) is 4.79 Å². The van der Waals surface area contributed by atoms with Crippen molar-refractivity contribution in [2.24, 2.45) is 7.05 Å². The van der Waals surface area contributed by atoms with Gasteiger partial charge in [0.25, 0.3) is 0 Å². The molecule has 0 aliphatic heterocycles. The first kappa shape index (κ1) is 9.92. The topological polar surface area (TPSA) is 55.1 Å². The molecule has 0 fully saturated rings. The van der Waals surface area contributed by atoms with Crippen LogP contribution < -0.4 is 0 Å². The lowest BCUT2D eigenvalue weighted by Crippen LogP contribution is -1.99. The fourth-order valence-corrected chi connectivity index (χ4v) is 2.12. The van der Waals surface area contributed by atoms with Crippen molar-refractivity contribution in [1.82, 2.24) is 9.55 Å². The van der Waals surface area contributed by atoms with Crippen LogP contribution >= 0.6 is 11.3 Å². The van der Waals surface area contributed by atoms with E-state index in [1.165, 1.54) is 11.3 Å². The lowest BCUT2D eigenvalue weighted by Gasteiger charge is -1.89. The molecule has 2 rings (SSSR count). The van der Waals surface area contributed by atoms with E-state index in [1.54, 1.807) is 5.38 Å². The number of carboxylic acids is 1. The number of aliphatic carboxylic acids is 1. The third kappa shape index (κ3) is 2.24. The molecule has 0 spiro atoms. The first-order valence-corrected chi connectivity index (χ1v) is 5.31. The van der Waals surface area contributed by atoms with Crippen molar-refractivity contribution in [3.05, 3.63) is 29.5 Å². The second-order valence-electron chi connectivity index (χ2n) is 3.28. The van der Waals surface area contributed by atoms with Crippen LogP contribution in [-0.2, 0) is 18.3 Å². The largest absolute Gasteiger partial charge is 0.481 e. The van der Waals surface area contributed by atoms with Crippen molar-refractivity contribution in [1.29, 1.82) is 0 Å². The summed E-state index contributed by atoms with van der Waals surface area (Å²) in [6, 6.07) is 1.96. The van der Waals surface area contributed by atoms with Gasteiger partial charge >= 0.3 is 5.97 Å². The Balaban J connectivity index is 2.23. The minimum atomic E-state index is -0.847. The van der Waals surface area contributed by atoms with Gasteiger partial charge in [-0.15, -0.1) is 11.3 Å². The van der Waals surface area contributed by atoms with Crippen molar-refractivity contribution >= 4 is 17.3 Å². The summed E-state index contributed by atoms with van der Waals surface area (Å²) in [5, 5.41) is 11.3. The van der Waals surface area contributed by atoms with Crippen LogP contribution in [0.1, 0.15) is 5.69 Å². The molecule has 0 unspecified atom stereocenters. The first-order chi connectivity index (χ1) is 7.15. The average molecular weight is 222 g/mol. The van der Waals surface area contributed by atoms with Gasteiger partial charge in [-0.3, -0.25) is 4.79 Å². The second-order valence-corrected chi connectivity index (χ2v) is 4.14. The van der Waals surface area contributed by atoms with Crippen molar-refractivity contribution in [2.75, 3.05) is 0 Å². The Labute approximate surface area is 90.8 Å². The summed E-state index contributed by atoms with van der Waals surface area (Å²) in [5.41, 5.74) is 1.64. The summed E-state index contributed by atoms with van der Waals surface area (Å²) in [6.45, 7) is 0. The number of aromatic nitrogens is 2. The van der Waals surface area contributed by atoms with E-state index in [1.807, 2.05) is 30.1 Å². The van der Waals surface area contributed by atoms with E-state index in [0.717, 1.165) is 10.6 Å². The van der Waals surface area contributed by atoms with Crippen LogP contribution in [0.3, 0.4) is 0 Å². The normalized spacial score (nSPS) is 10.5. The molecule has 0 aromatic carbocycles. The Morgan fingerprint density at radius 1 is 1.67 bits per heavy atom. The van der Waals surface area contributed by atoms with Gasteiger partial charge in [0.05, 0.1) is 12.1 Å². The van der Waals surface area contributed by atoms with E-state index in [-0.39, 0.29) is 6.42 Å². The summed E-state index contributed by atoms with van der Waals surface area (Å²) in [5.74, 6) is -0.847. The zero-order valence-corrected chi connectivity index (χ0v) is 8.99. The molecular weight excluding hydrogens is 212 g/mol. The predicted molar refractivity (Wildman–Crippen MR) is 57.9 cm³/mol. The van der Waals surface area contributed by atoms with Gasteiger partial charge in [0.1, 0.15) is 5.01 Å². The van der Waals surface area contributed by atoms with Crippen molar-refractivity contribution < 1.29 is 9.90 Å². The molecule has 2 aromatic rings. The molecule has 1 N–H and O–H groups in total. The maximum atomic E-state index is 10.5. The van der Waals surface area contributed by atoms with Crippen LogP contribution in [0.2, 0.25) is 0 Å². The van der Waals surface area contributed by atoms with Crippen molar-refractivity contribution in [2.45, 2.75) is 6.42 Å². The minimum absolute atomic E-state index is 0.0106. The van der Waals surface area contributed by atoms with Gasteiger partial charge in [0, 0.05) is 30.4 Å². The van der Waals surface area contributed by atoms with Gasteiger partial charge in [-0.25, -0.2) is 4.98 Å². The molecule has 4 nitrogen and oxygen atoms in total. The van der Waals surface area contributed by atoms with Gasteiger partial charge in [0.2, 0.25) is 0 Å². The Morgan fingerprint density at radius 2 is 2.47 bits per heavy atom. The summed E-state index contributed by atoms with van der Waals surface area (Å²) < 4.78 is 1.94. The second kappa shape index (κ2) is 3.86. The van der Waals surface area contributed by atoms with Crippen molar-refractivity contribution in [3.63, 3.8) is 0 Å². The van der Waals surface area contributed by atoms with Crippen LogP contribution in [-0.4, -0.2) is 20.6 Å². The highest BCUT2D eigenvalue weighted by atomic mass is 32.1. The fraction of sp³-hybridized carbons (Fsp3) is 0.200. The molecular formula is C10H10N2O2S. The van der Waals surface area contributed by atoms with E-state index < -0.39 is 5.97 Å². The maximum absolute atomic E-state index is 10.5. The van der Waals surface area contributed by atoms with Gasteiger partial charge in [-0.2, -0.15) is 0 Å². The molecule has 0 saturated carbocycles. The van der Waals surface area contributed by atoms with E-state index in [4.69, 9.17) is 5.11 Å². The fourth-order valence-electron chi connectivity index (χ4n) is 1.31. The number of carbonyl (C=O) groups is 1. The zero-order valence-electron chi connectivity index (χ0n) is 8.17. The zero-order chi connectivity index (χ0) is 10.8. The highest BCUT2D eigenvalue weighted by Crippen LogP contribution is 2.23. The van der Waals surface area contributed by atoms with Crippen molar-refractivity contribution in [3.8, 4) is 10.6 Å². The molecule has 2 heterocycles. The quantitative estimate of drug-likeness (QED) is 0.861. The molecule has 0 aliphatic rings. The Morgan fingerprint density at radius 3 is 3.07 bits per heavy atom. The Kier molecular flexibility index (Phi) is 2.55. The van der Waals surface area contributed by atoms with Gasteiger partial charge in [-0.05, 0) is 6.07 Å². The molecule has 0 atom stereocenters. The van der Waals surface area contributed by atoms with E-state index in [0.29, 0.717) is 5.69 Å².